The predicted octanol–water partition coefficient (Wildman–Crippen LogP) is 1.92. The summed E-state index contributed by atoms with van der Waals surface area (Å²) < 4.78 is 0. The van der Waals surface area contributed by atoms with Crippen LogP contribution in [0.1, 0.15) is 64.2 Å². The molecule has 0 bridgehead atoms. The molecule has 1 saturated heterocycles. The van der Waals surface area contributed by atoms with Crippen LogP contribution >= 0.6 is 0 Å². The van der Waals surface area contributed by atoms with E-state index in [4.69, 9.17) is 0 Å². The van der Waals surface area contributed by atoms with Gasteiger partial charge in [0.25, 0.3) is 5.91 Å². The van der Waals surface area contributed by atoms with E-state index in [0.29, 0.717) is 36.2 Å². The van der Waals surface area contributed by atoms with E-state index < -0.39 is 12.0 Å². The number of carboxylic acid groups (broad SMARTS) is 1. The van der Waals surface area contributed by atoms with Gasteiger partial charge in [-0.2, -0.15) is 0 Å². The average Bonchev–Trinajstić information content (AvgIpc) is 2.85. The van der Waals surface area contributed by atoms with Crippen molar-refractivity contribution in [3.8, 4) is 0 Å². The Kier molecular flexibility index (Phi) is 3.76. The lowest BCUT2D eigenvalue weighted by molar-refractivity contribution is -0.143. The van der Waals surface area contributed by atoms with Gasteiger partial charge in [-0.1, -0.05) is 0 Å². The summed E-state index contributed by atoms with van der Waals surface area (Å²) in [4.78, 5) is 40.7. The van der Waals surface area contributed by atoms with Gasteiger partial charge in [-0.15, -0.1) is 0 Å². The lowest BCUT2D eigenvalue weighted by Crippen LogP contribution is -2.48. The number of ketones is 1. The number of piperidine rings is 1. The number of fused-ring (bicyclic) bond motifs is 1. The van der Waals surface area contributed by atoms with Gasteiger partial charge < -0.3 is 15.0 Å². The zero-order valence-electron chi connectivity index (χ0n) is 12.6. The van der Waals surface area contributed by atoms with Crippen molar-refractivity contribution in [2.45, 2.75) is 51.5 Å². The fourth-order valence-electron chi connectivity index (χ4n) is 3.56. The Balaban J connectivity index is 1.95. The van der Waals surface area contributed by atoms with Gasteiger partial charge in [0.05, 0.1) is 0 Å². The van der Waals surface area contributed by atoms with Crippen molar-refractivity contribution in [3.05, 3.63) is 22.5 Å². The first-order chi connectivity index (χ1) is 10.5. The normalized spacial score (nSPS) is 21.6. The molecule has 22 heavy (non-hydrogen) atoms. The third kappa shape index (κ3) is 2.32. The maximum absolute atomic E-state index is 12.8. The summed E-state index contributed by atoms with van der Waals surface area (Å²) >= 11 is 0. The molecule has 2 N–H and O–H groups in total. The second-order valence-corrected chi connectivity index (χ2v) is 6.10. The molecule has 0 unspecified atom stereocenters. The number of hydrogen-bond acceptors (Lipinski definition) is 3. The molecule has 1 amide bonds. The van der Waals surface area contributed by atoms with E-state index >= 15 is 0 Å². The van der Waals surface area contributed by atoms with Crippen LogP contribution in [-0.2, 0) is 11.2 Å². The minimum absolute atomic E-state index is 0.0717. The van der Waals surface area contributed by atoms with Crippen molar-refractivity contribution < 1.29 is 19.5 Å². The van der Waals surface area contributed by atoms with Gasteiger partial charge in [0, 0.05) is 24.2 Å². The fourth-order valence-corrected chi connectivity index (χ4v) is 3.56. The number of aromatic nitrogens is 1. The van der Waals surface area contributed by atoms with Crippen molar-refractivity contribution in [2.24, 2.45) is 0 Å². The van der Waals surface area contributed by atoms with Gasteiger partial charge in [-0.3, -0.25) is 9.59 Å². The molecule has 1 aromatic rings. The van der Waals surface area contributed by atoms with E-state index in [1.54, 1.807) is 6.92 Å². The molecule has 1 aliphatic carbocycles. The quantitative estimate of drug-likeness (QED) is 0.873. The minimum atomic E-state index is -0.960. The molecular weight excluding hydrogens is 284 g/mol. The Bertz CT molecular complexity index is 647. The van der Waals surface area contributed by atoms with Crippen LogP contribution in [0, 0.1) is 6.92 Å². The zero-order valence-corrected chi connectivity index (χ0v) is 12.6. The first-order valence-corrected chi connectivity index (χ1v) is 7.79. The van der Waals surface area contributed by atoms with Crippen LogP contribution in [0.3, 0.4) is 0 Å². The van der Waals surface area contributed by atoms with E-state index in [0.717, 1.165) is 31.4 Å². The topological polar surface area (TPSA) is 90.5 Å². The number of H-pyrrole nitrogens is 1. The molecule has 1 atom stereocenters. The van der Waals surface area contributed by atoms with E-state index in [1.165, 1.54) is 4.90 Å². The van der Waals surface area contributed by atoms with Crippen molar-refractivity contribution in [2.75, 3.05) is 6.54 Å². The molecule has 1 fully saturated rings. The fraction of sp³-hybridized carbons (Fsp3) is 0.562. The van der Waals surface area contributed by atoms with Crippen LogP contribution in [0.15, 0.2) is 0 Å². The third-order valence-corrected chi connectivity index (χ3v) is 4.70. The van der Waals surface area contributed by atoms with Gasteiger partial charge >= 0.3 is 5.97 Å². The minimum Gasteiger partial charge on any atom is -0.480 e. The van der Waals surface area contributed by atoms with Gasteiger partial charge in [-0.05, 0) is 44.6 Å². The number of nitrogens with zero attached hydrogens (tertiary/aromatic N) is 1. The van der Waals surface area contributed by atoms with Crippen molar-refractivity contribution in [3.63, 3.8) is 0 Å². The Morgan fingerprint density at radius 2 is 2.00 bits per heavy atom. The summed E-state index contributed by atoms with van der Waals surface area (Å²) in [5.41, 5.74) is 2.51. The van der Waals surface area contributed by atoms with E-state index in [2.05, 4.69) is 4.98 Å². The summed E-state index contributed by atoms with van der Waals surface area (Å²) in [6.45, 7) is 2.22. The lowest BCUT2D eigenvalue weighted by Gasteiger charge is -2.32. The molecular formula is C16H20N2O4. The number of amides is 1. The van der Waals surface area contributed by atoms with Crippen LogP contribution in [0.2, 0.25) is 0 Å². The van der Waals surface area contributed by atoms with E-state index in [1.807, 2.05) is 0 Å². The highest BCUT2D eigenvalue weighted by molar-refractivity contribution is 6.04. The summed E-state index contributed by atoms with van der Waals surface area (Å²) in [5.74, 6) is -1.19. The highest BCUT2D eigenvalue weighted by Gasteiger charge is 2.35. The van der Waals surface area contributed by atoms with Crippen LogP contribution < -0.4 is 0 Å². The Labute approximate surface area is 128 Å². The van der Waals surface area contributed by atoms with E-state index in [9.17, 15) is 19.5 Å². The summed E-state index contributed by atoms with van der Waals surface area (Å²) in [6.07, 6.45) is 4.19. The maximum atomic E-state index is 12.8. The van der Waals surface area contributed by atoms with Gasteiger partial charge in [0.1, 0.15) is 11.7 Å². The molecule has 0 saturated carbocycles. The number of likely N-dealkylation sites (tertiary alicyclic amines) is 1. The van der Waals surface area contributed by atoms with Gasteiger partial charge in [-0.25, -0.2) is 4.79 Å². The molecule has 1 aliphatic heterocycles. The number of aromatic amines is 1. The molecule has 118 valence electrons. The highest BCUT2D eigenvalue weighted by atomic mass is 16.4. The van der Waals surface area contributed by atoms with Crippen LogP contribution in [0.5, 0.6) is 0 Å². The zero-order chi connectivity index (χ0) is 15.9. The molecule has 0 spiro atoms. The van der Waals surface area contributed by atoms with Gasteiger partial charge in [0.15, 0.2) is 5.78 Å². The third-order valence-electron chi connectivity index (χ3n) is 4.70. The predicted molar refractivity (Wildman–Crippen MR) is 79.1 cm³/mol. The van der Waals surface area contributed by atoms with Crippen molar-refractivity contribution >= 4 is 17.7 Å². The molecule has 0 radical (unpaired) electrons. The number of nitrogens with one attached hydrogen (secondary N) is 1. The molecule has 0 aromatic carbocycles. The maximum Gasteiger partial charge on any atom is 0.326 e. The summed E-state index contributed by atoms with van der Waals surface area (Å²) in [5, 5.41) is 9.32. The number of aliphatic carboxylic acids is 1. The second-order valence-electron chi connectivity index (χ2n) is 6.10. The van der Waals surface area contributed by atoms with Crippen LogP contribution in [0.4, 0.5) is 0 Å². The molecule has 2 aliphatic rings. The number of carbonyl (C=O) groups excluding carboxylic acids is 2. The smallest absolute Gasteiger partial charge is 0.326 e. The van der Waals surface area contributed by atoms with Gasteiger partial charge in [0.2, 0.25) is 0 Å². The number of rotatable bonds is 2. The number of hydrogen-bond donors (Lipinski definition) is 2. The highest BCUT2D eigenvalue weighted by Crippen LogP contribution is 2.28. The Morgan fingerprint density at radius 1 is 1.23 bits per heavy atom. The average molecular weight is 304 g/mol. The molecule has 1 aromatic heterocycles. The first-order valence-electron chi connectivity index (χ1n) is 7.79. The Hall–Kier alpha value is -2.11. The standard InChI is InChI=1S/C16H20N2O4/c1-9-13-10(5-4-7-12(13)19)17-14(9)15(20)18-8-3-2-6-11(18)16(21)22/h11,17H,2-8H2,1H3,(H,21,22)/t11-/m1/s1. The number of carbonyl (C=O) groups is 3. The van der Waals surface area contributed by atoms with Crippen molar-refractivity contribution in [1.29, 1.82) is 0 Å². The number of carboxylic acids is 1. The lowest BCUT2D eigenvalue weighted by atomic mass is 9.93. The van der Waals surface area contributed by atoms with Crippen LogP contribution in [-0.4, -0.2) is 45.2 Å². The molecule has 3 rings (SSSR count). The largest absolute Gasteiger partial charge is 0.480 e. The number of aryl methyl sites for hydroxylation is 1. The molecule has 6 nitrogen and oxygen atoms in total. The van der Waals surface area contributed by atoms with Crippen LogP contribution in [0.25, 0.3) is 0 Å². The first kappa shape index (κ1) is 14.8. The number of Topliss-reactive ketones (excluding diaryl/α,β-unsaturated/α-hetero) is 1. The molecule has 2 heterocycles. The van der Waals surface area contributed by atoms with E-state index in [-0.39, 0.29) is 11.7 Å². The van der Waals surface area contributed by atoms with Crippen molar-refractivity contribution in [1.82, 2.24) is 9.88 Å². The Morgan fingerprint density at radius 3 is 2.68 bits per heavy atom. The SMILES string of the molecule is Cc1c(C(=O)N2CCCC[C@@H]2C(=O)O)[nH]c2c1C(=O)CCC2. The second kappa shape index (κ2) is 5.59. The molecule has 6 heteroatoms. The monoisotopic (exact) mass is 304 g/mol. The summed E-state index contributed by atoms with van der Waals surface area (Å²) in [7, 11) is 0. The summed E-state index contributed by atoms with van der Waals surface area (Å²) in [6, 6.07) is -0.767.